The first-order valence-corrected chi connectivity index (χ1v) is 12.8. The van der Waals surface area contributed by atoms with Crippen LogP contribution in [0.15, 0.2) is 64.3 Å². The summed E-state index contributed by atoms with van der Waals surface area (Å²) in [7, 11) is 0. The Hall–Kier alpha value is -3.26. The highest BCUT2D eigenvalue weighted by atomic mass is 32.2. The van der Waals surface area contributed by atoms with Crippen LogP contribution in [0.3, 0.4) is 0 Å². The van der Waals surface area contributed by atoms with Gasteiger partial charge >= 0.3 is 0 Å². The summed E-state index contributed by atoms with van der Waals surface area (Å²) in [5.41, 5.74) is 2.95. The molecule has 34 heavy (non-hydrogen) atoms. The van der Waals surface area contributed by atoms with Gasteiger partial charge < -0.3 is 4.90 Å². The van der Waals surface area contributed by atoms with E-state index in [2.05, 4.69) is 37.4 Å². The van der Waals surface area contributed by atoms with Gasteiger partial charge in [0.2, 0.25) is 5.95 Å². The number of piperazine rings is 1. The lowest BCUT2D eigenvalue weighted by Crippen LogP contribution is -2.44. The normalized spacial score (nSPS) is 14.4. The second-order valence-corrected chi connectivity index (χ2v) is 9.78. The molecule has 1 saturated heterocycles. The molecule has 0 N–H and O–H groups in total. The number of nitrogens with zero attached hydrogens (tertiary/aromatic N) is 7. The minimum Gasteiger partial charge on any atom is -0.338 e. The average molecular weight is 490 g/mol. The van der Waals surface area contributed by atoms with Crippen LogP contribution >= 0.6 is 23.9 Å². The van der Waals surface area contributed by atoms with Gasteiger partial charge in [0.05, 0.1) is 16.6 Å². The smallest absolute Gasteiger partial charge is 0.280 e. The monoisotopic (exact) mass is 489 g/mol. The standard InChI is InChI=1S/C24H23N7OS2/c1-17-15-18(16-25)27-24(26-17)28-11-13-29(14-12-28)34-20-9-7-19(8-10-20)30-23(32)21-5-3-4-6-22(21)31(30)33-2/h3-10,15H,11-14H2,1-2H3. The molecule has 1 fully saturated rings. The number of rotatable bonds is 5. The number of anilines is 1. The maximum absolute atomic E-state index is 13.0. The molecule has 2 aromatic carbocycles. The molecule has 2 aromatic heterocycles. The van der Waals surface area contributed by atoms with Crippen molar-refractivity contribution in [3.63, 3.8) is 0 Å². The van der Waals surface area contributed by atoms with Gasteiger partial charge in [0, 0.05) is 43.0 Å². The number of aryl methyl sites for hydroxylation is 1. The number of hydrogen-bond acceptors (Lipinski definition) is 8. The van der Waals surface area contributed by atoms with E-state index in [0.29, 0.717) is 17.0 Å². The summed E-state index contributed by atoms with van der Waals surface area (Å²) in [5.74, 6) is 0.625. The molecule has 5 rings (SSSR count). The van der Waals surface area contributed by atoms with Crippen molar-refractivity contribution < 1.29 is 0 Å². The Bertz CT molecular complexity index is 1430. The lowest BCUT2D eigenvalue weighted by atomic mass is 10.2. The van der Waals surface area contributed by atoms with E-state index in [4.69, 9.17) is 0 Å². The highest BCUT2D eigenvalue weighted by Gasteiger charge is 2.21. The van der Waals surface area contributed by atoms with Gasteiger partial charge in [-0.3, -0.25) is 4.79 Å². The number of hydrogen-bond donors (Lipinski definition) is 0. The number of benzene rings is 2. The fraction of sp³-hybridized carbons (Fsp3) is 0.250. The average Bonchev–Trinajstić information content (AvgIpc) is 3.16. The van der Waals surface area contributed by atoms with Gasteiger partial charge in [0.1, 0.15) is 11.8 Å². The van der Waals surface area contributed by atoms with Crippen LogP contribution < -0.4 is 10.5 Å². The topological polar surface area (TPSA) is 83.0 Å². The van der Waals surface area contributed by atoms with E-state index >= 15 is 0 Å². The van der Waals surface area contributed by atoms with E-state index in [-0.39, 0.29) is 5.56 Å². The van der Waals surface area contributed by atoms with Crippen molar-refractivity contribution in [1.82, 2.24) is 23.0 Å². The Morgan fingerprint density at radius 3 is 2.44 bits per heavy atom. The largest absolute Gasteiger partial charge is 0.338 e. The molecule has 10 heteroatoms. The van der Waals surface area contributed by atoms with E-state index in [1.54, 1.807) is 22.7 Å². The van der Waals surface area contributed by atoms with Gasteiger partial charge in [-0.25, -0.2) is 23.0 Å². The van der Waals surface area contributed by atoms with E-state index < -0.39 is 0 Å². The third-order valence-corrected chi connectivity index (χ3v) is 7.49. The summed E-state index contributed by atoms with van der Waals surface area (Å²) >= 11 is 3.22. The Balaban J connectivity index is 1.28. The second-order valence-electron chi connectivity index (χ2n) is 7.90. The zero-order valence-corrected chi connectivity index (χ0v) is 20.5. The van der Waals surface area contributed by atoms with Gasteiger partial charge in [-0.05, 0) is 73.3 Å². The van der Waals surface area contributed by atoms with Crippen molar-refractivity contribution in [2.24, 2.45) is 0 Å². The highest BCUT2D eigenvalue weighted by molar-refractivity contribution is 7.97. The molecule has 0 radical (unpaired) electrons. The predicted molar refractivity (Wildman–Crippen MR) is 138 cm³/mol. The van der Waals surface area contributed by atoms with Gasteiger partial charge in [-0.15, -0.1) is 0 Å². The zero-order chi connectivity index (χ0) is 23.7. The maximum atomic E-state index is 13.0. The van der Waals surface area contributed by atoms with Crippen molar-refractivity contribution in [2.45, 2.75) is 11.8 Å². The molecule has 1 aliphatic rings. The quantitative estimate of drug-likeness (QED) is 0.392. The van der Waals surface area contributed by atoms with Crippen molar-refractivity contribution in [2.75, 3.05) is 37.3 Å². The summed E-state index contributed by atoms with van der Waals surface area (Å²) < 4.78 is 5.97. The number of fused-ring (bicyclic) bond motifs is 1. The van der Waals surface area contributed by atoms with Gasteiger partial charge in [0.15, 0.2) is 0 Å². The second kappa shape index (κ2) is 9.54. The molecule has 0 spiro atoms. The highest BCUT2D eigenvalue weighted by Crippen LogP contribution is 2.27. The molecule has 8 nitrogen and oxygen atoms in total. The Kier molecular flexibility index (Phi) is 6.32. The van der Waals surface area contributed by atoms with Gasteiger partial charge in [0.25, 0.3) is 5.56 Å². The van der Waals surface area contributed by atoms with Crippen molar-refractivity contribution >= 4 is 40.7 Å². The summed E-state index contributed by atoms with van der Waals surface area (Å²) in [5, 5.41) is 9.89. The van der Waals surface area contributed by atoms with E-state index in [1.807, 2.05) is 53.7 Å². The fourth-order valence-electron chi connectivity index (χ4n) is 4.06. The molecule has 0 saturated carbocycles. The molecule has 3 heterocycles. The van der Waals surface area contributed by atoms with Crippen molar-refractivity contribution in [3.05, 3.63) is 76.3 Å². The van der Waals surface area contributed by atoms with Crippen LogP contribution in [0, 0.1) is 18.3 Å². The van der Waals surface area contributed by atoms with Crippen LogP contribution in [-0.2, 0) is 0 Å². The molecular formula is C24H23N7OS2. The zero-order valence-electron chi connectivity index (χ0n) is 18.9. The molecule has 0 amide bonds. The minimum absolute atomic E-state index is 0.0144. The van der Waals surface area contributed by atoms with E-state index in [9.17, 15) is 10.1 Å². The van der Waals surface area contributed by atoms with Crippen LogP contribution in [0.1, 0.15) is 11.4 Å². The fourth-order valence-corrected chi connectivity index (χ4v) is 5.65. The minimum atomic E-state index is -0.0144. The van der Waals surface area contributed by atoms with Crippen LogP contribution in [-0.4, -0.2) is 55.5 Å². The molecule has 0 aliphatic carbocycles. The Labute approximate surface area is 206 Å². The first-order valence-electron chi connectivity index (χ1n) is 10.9. The van der Waals surface area contributed by atoms with Gasteiger partial charge in [-0.2, -0.15) is 5.26 Å². The molecular weight excluding hydrogens is 466 g/mol. The van der Waals surface area contributed by atoms with Crippen molar-refractivity contribution in [1.29, 1.82) is 5.26 Å². The summed E-state index contributed by atoms with van der Waals surface area (Å²) in [4.78, 5) is 25.1. The van der Waals surface area contributed by atoms with Crippen LogP contribution in [0.5, 0.6) is 0 Å². The predicted octanol–water partition coefficient (Wildman–Crippen LogP) is 3.72. The number of aromatic nitrogens is 4. The lowest BCUT2D eigenvalue weighted by Gasteiger charge is -2.33. The Morgan fingerprint density at radius 1 is 1.00 bits per heavy atom. The Morgan fingerprint density at radius 2 is 1.74 bits per heavy atom. The van der Waals surface area contributed by atoms with Gasteiger partial charge in [-0.1, -0.05) is 12.1 Å². The first-order chi connectivity index (χ1) is 16.6. The molecule has 0 bridgehead atoms. The molecule has 4 aromatic rings. The summed E-state index contributed by atoms with van der Waals surface area (Å²) in [6, 6.07) is 19.6. The first kappa shape index (κ1) is 22.5. The van der Waals surface area contributed by atoms with Crippen LogP contribution in [0.2, 0.25) is 0 Å². The van der Waals surface area contributed by atoms with Crippen LogP contribution in [0.4, 0.5) is 5.95 Å². The summed E-state index contributed by atoms with van der Waals surface area (Å²) in [6.07, 6.45) is 1.97. The molecule has 0 unspecified atom stereocenters. The molecule has 172 valence electrons. The third kappa shape index (κ3) is 4.30. The lowest BCUT2D eigenvalue weighted by molar-refractivity contribution is 0.426. The summed E-state index contributed by atoms with van der Waals surface area (Å²) in [6.45, 7) is 5.18. The van der Waals surface area contributed by atoms with Crippen molar-refractivity contribution in [3.8, 4) is 11.8 Å². The van der Waals surface area contributed by atoms with Crippen LogP contribution in [0.25, 0.3) is 16.6 Å². The molecule has 1 aliphatic heterocycles. The van der Waals surface area contributed by atoms with E-state index in [1.165, 1.54) is 11.9 Å². The SMILES string of the molecule is CSn1c2ccccc2c(=O)n1-c1ccc(SN2CCN(c3nc(C)cc(C#N)n3)CC2)cc1. The van der Waals surface area contributed by atoms with E-state index in [0.717, 1.165) is 48.0 Å². The maximum Gasteiger partial charge on any atom is 0.280 e. The molecule has 0 atom stereocenters. The number of para-hydroxylation sites is 1. The third-order valence-electron chi connectivity index (χ3n) is 5.68. The number of nitriles is 1.